The van der Waals surface area contributed by atoms with E-state index in [0.29, 0.717) is 0 Å². The van der Waals surface area contributed by atoms with E-state index in [1.807, 2.05) is 24.5 Å². The minimum Gasteiger partial charge on any atom is -0.494 e. The van der Waals surface area contributed by atoms with Gasteiger partial charge < -0.3 is 4.74 Å². The first-order valence-corrected chi connectivity index (χ1v) is 20.5. The molecule has 1 aromatic heterocycles. The van der Waals surface area contributed by atoms with E-state index in [4.69, 9.17) is 4.74 Å². The second-order valence-corrected chi connectivity index (χ2v) is 16.1. The van der Waals surface area contributed by atoms with E-state index in [1.54, 1.807) is 12.4 Å². The molecule has 0 bridgehead atoms. The molecule has 400 valence electrons. The first kappa shape index (κ1) is 58.3. The van der Waals surface area contributed by atoms with Crippen LogP contribution in [0.25, 0.3) is 0 Å². The highest BCUT2D eigenvalue weighted by atomic mass is 19.4. The van der Waals surface area contributed by atoms with Gasteiger partial charge in [0.1, 0.15) is 11.9 Å². The summed E-state index contributed by atoms with van der Waals surface area (Å²) < 4.78 is 348. The van der Waals surface area contributed by atoms with Crippen LogP contribution in [-0.2, 0) is 56.0 Å². The molecule has 28 heteroatoms. The molecule has 0 aliphatic rings. The number of hydrogen-bond acceptors (Lipinski definition) is 2. The maximum Gasteiger partial charge on any atom is 0.416 e. The third-order valence-corrected chi connectivity index (χ3v) is 10.9. The Hall–Kier alpha value is -6.64. The van der Waals surface area contributed by atoms with Gasteiger partial charge in [-0.1, -0.05) is 55.5 Å². The first-order chi connectivity index (χ1) is 33.6. The van der Waals surface area contributed by atoms with Crippen LogP contribution in [0.15, 0.2) is 122 Å². The van der Waals surface area contributed by atoms with Crippen LogP contribution >= 0.6 is 0 Å². The van der Waals surface area contributed by atoms with Gasteiger partial charge in [0.2, 0.25) is 0 Å². The zero-order valence-electron chi connectivity index (χ0n) is 36.6. The Bertz CT molecular complexity index is 2460. The molecule has 1 heterocycles. The van der Waals surface area contributed by atoms with Gasteiger partial charge in [0.25, 0.3) is 0 Å². The normalized spacial score (nSPS) is 13.4. The second kappa shape index (κ2) is 20.6. The van der Waals surface area contributed by atoms with Gasteiger partial charge in [-0.3, -0.25) is 4.98 Å². The van der Waals surface area contributed by atoms with E-state index >= 15 is 0 Å². The molecule has 0 radical (unpaired) electrons. The van der Waals surface area contributed by atoms with Crippen molar-refractivity contribution in [2.75, 3.05) is 6.61 Å². The predicted octanol–water partition coefficient (Wildman–Crippen LogP) is 13.4. The van der Waals surface area contributed by atoms with Crippen LogP contribution in [0.2, 0.25) is 0 Å². The van der Waals surface area contributed by atoms with Gasteiger partial charge in [-0.2, -0.15) is 132 Å². The van der Waals surface area contributed by atoms with Gasteiger partial charge in [-0.25, -0.2) is 0 Å². The number of nitrogens with zero attached hydrogens (tertiary/aromatic N) is 2. The fourth-order valence-corrected chi connectivity index (χ4v) is 7.65. The number of hydrogen-bond donors (Lipinski definition) is 0. The quantitative estimate of drug-likeness (QED) is 0.0819. The molecule has 0 N–H and O–H groups in total. The molecule has 0 amide bonds. The van der Waals surface area contributed by atoms with Crippen LogP contribution in [0.5, 0.6) is 5.75 Å². The Balaban J connectivity index is 0.000000500. The van der Waals surface area contributed by atoms with Crippen LogP contribution in [0.3, 0.4) is 0 Å². The van der Waals surface area contributed by atoms with Crippen LogP contribution in [-0.4, -0.2) is 17.7 Å². The van der Waals surface area contributed by atoms with Crippen LogP contribution in [0, 0.1) is 0 Å². The Morgan fingerprint density at radius 2 is 0.622 bits per heavy atom. The van der Waals surface area contributed by atoms with Crippen LogP contribution in [0.4, 0.5) is 105 Å². The maximum atomic E-state index is 14.2. The first-order valence-electron chi connectivity index (χ1n) is 20.5. The van der Waals surface area contributed by atoms with E-state index in [0.717, 1.165) is 25.3 Å². The monoisotopic (exact) mass is 1090 g/mol. The summed E-state index contributed by atoms with van der Waals surface area (Å²) in [6, 6.07) is -0.578. The molecule has 0 saturated carbocycles. The Morgan fingerprint density at radius 1 is 0.378 bits per heavy atom. The molecule has 6 aromatic rings. The molecule has 74 heavy (non-hydrogen) atoms. The highest BCUT2D eigenvalue weighted by Crippen LogP contribution is 2.41. The van der Waals surface area contributed by atoms with Gasteiger partial charge in [-0.15, -0.1) is 0 Å². The average Bonchev–Trinajstić information content (AvgIpc) is 3.27. The molecular formula is C46H29BF24N2O. The van der Waals surface area contributed by atoms with Crippen molar-refractivity contribution >= 4 is 28.0 Å². The lowest BCUT2D eigenvalue weighted by Crippen LogP contribution is -2.75. The predicted molar refractivity (Wildman–Crippen MR) is 216 cm³/mol. The number of ether oxygens (including phenoxy) is 1. The van der Waals surface area contributed by atoms with E-state index in [-0.39, 0.29) is 0 Å². The lowest BCUT2D eigenvalue weighted by Gasteiger charge is -2.46. The standard InChI is InChI=1S/C32H12BF24.C14H17N2O/c34-25(35,36)13-1-14(26(37,38)39)6-21(5-13)33(22-7-15(27(40,41)42)2-16(8-22)28(43,44)45,23-9-17(29(46,47)48)3-18(10-23)30(49,50)51)24-11-19(31(52,53)54)4-20(12-24)32(55,56)57;1-2-11-17-14-5-3-13(4-6-14)12-16-9-7-15-8-10-16/h1-12H;3-10H,2,11-12H2,1H3/q-1;+1. The summed E-state index contributed by atoms with van der Waals surface area (Å²) in [4.78, 5) is 3.99. The SMILES string of the molecule is CCCOc1ccc(C[n+]2ccncc2)cc1.FC(F)(F)c1cc([B-](c2cc(C(F)(F)F)cc(C(F)(F)F)c2)(c2cc(C(F)(F)F)cc(C(F)(F)F)c2)c2cc(C(F)(F)F)cc(C(F)(F)F)c2)cc(C(F)(F)F)c1. The second-order valence-electron chi connectivity index (χ2n) is 16.1. The third-order valence-electron chi connectivity index (χ3n) is 10.9. The van der Waals surface area contributed by atoms with E-state index < -0.39 is 195 Å². The average molecular weight is 1090 g/mol. The zero-order chi connectivity index (χ0) is 55.8. The molecule has 0 saturated heterocycles. The molecule has 0 spiro atoms. The molecule has 0 aliphatic carbocycles. The van der Waals surface area contributed by atoms with Crippen molar-refractivity contribution < 1.29 is 115 Å². The number of rotatable bonds is 9. The lowest BCUT2D eigenvalue weighted by molar-refractivity contribution is -0.688. The maximum absolute atomic E-state index is 14.2. The summed E-state index contributed by atoms with van der Waals surface area (Å²) in [6.45, 7) is 3.74. The molecular weight excluding hydrogens is 1060 g/mol. The Kier molecular flexibility index (Phi) is 16.2. The van der Waals surface area contributed by atoms with Crippen LogP contribution < -0.4 is 31.2 Å². The van der Waals surface area contributed by atoms with E-state index in [2.05, 4.69) is 28.6 Å². The minimum absolute atomic E-state index is 0.691. The Labute approximate surface area is 400 Å². The summed E-state index contributed by atoms with van der Waals surface area (Å²) in [5.41, 5.74) is -28.9. The fourth-order valence-electron chi connectivity index (χ4n) is 7.65. The van der Waals surface area contributed by atoms with Crippen molar-refractivity contribution in [2.45, 2.75) is 69.3 Å². The van der Waals surface area contributed by atoms with E-state index in [9.17, 15) is 105 Å². The molecule has 5 aromatic carbocycles. The highest BCUT2D eigenvalue weighted by molar-refractivity contribution is 7.20. The van der Waals surface area contributed by atoms with Gasteiger partial charge in [0, 0.05) is 5.56 Å². The van der Waals surface area contributed by atoms with Gasteiger partial charge in [0.15, 0.2) is 18.9 Å². The Morgan fingerprint density at radius 3 is 0.838 bits per heavy atom. The fraction of sp³-hybridized carbons (Fsp3) is 0.261. The van der Waals surface area contributed by atoms with Crippen LogP contribution in [0.1, 0.15) is 63.4 Å². The van der Waals surface area contributed by atoms with Gasteiger partial charge in [0.05, 0.1) is 63.5 Å². The molecule has 0 aliphatic heterocycles. The smallest absolute Gasteiger partial charge is 0.416 e. The summed E-state index contributed by atoms with van der Waals surface area (Å²) in [5, 5.41) is 0. The minimum atomic E-state index is -6.13. The number of benzene rings is 5. The van der Waals surface area contributed by atoms with Crippen molar-refractivity contribution in [3.63, 3.8) is 0 Å². The summed E-state index contributed by atoms with van der Waals surface area (Å²) in [5.74, 6) is 0.940. The number of alkyl halides is 24. The van der Waals surface area contributed by atoms with Gasteiger partial charge >= 0.3 is 49.4 Å². The van der Waals surface area contributed by atoms with Crippen molar-refractivity contribution in [1.82, 2.24) is 4.98 Å². The third kappa shape index (κ3) is 13.9. The summed E-state index contributed by atoms with van der Waals surface area (Å²) in [7, 11) is 0. The molecule has 3 nitrogen and oxygen atoms in total. The molecule has 0 atom stereocenters. The van der Waals surface area contributed by atoms with Gasteiger partial charge in [-0.05, 0) is 55.0 Å². The summed E-state index contributed by atoms with van der Waals surface area (Å²) in [6.07, 6.45) is -46.3. The molecule has 0 unspecified atom stereocenters. The highest BCUT2D eigenvalue weighted by Gasteiger charge is 2.47. The van der Waals surface area contributed by atoms with Crippen molar-refractivity contribution in [3.05, 3.63) is 172 Å². The number of halogens is 24. The lowest BCUT2D eigenvalue weighted by atomic mass is 9.12. The topological polar surface area (TPSA) is 26.0 Å². The van der Waals surface area contributed by atoms with Crippen molar-refractivity contribution in [3.8, 4) is 5.75 Å². The molecule has 6 rings (SSSR count). The largest absolute Gasteiger partial charge is 0.494 e. The molecule has 0 fully saturated rings. The number of aromatic nitrogens is 2. The van der Waals surface area contributed by atoms with Crippen molar-refractivity contribution in [1.29, 1.82) is 0 Å². The zero-order valence-corrected chi connectivity index (χ0v) is 36.6. The van der Waals surface area contributed by atoms with E-state index in [1.165, 1.54) is 5.56 Å². The summed E-state index contributed by atoms with van der Waals surface area (Å²) >= 11 is 0. The van der Waals surface area contributed by atoms with Crippen molar-refractivity contribution in [2.24, 2.45) is 0 Å².